The van der Waals surface area contributed by atoms with E-state index in [1.54, 1.807) is 38.1 Å². The number of benzene rings is 1. The number of nitrogens with zero attached hydrogens (tertiary/aromatic N) is 2. The Hall–Kier alpha value is -2.30. The van der Waals surface area contributed by atoms with Gasteiger partial charge in [0.05, 0.1) is 11.4 Å². The SMILES string of the molecule is Cc1nc(Nc2ccc(O)cc2)nc(C)c1O. The van der Waals surface area contributed by atoms with Crippen molar-refractivity contribution in [2.75, 3.05) is 5.32 Å². The van der Waals surface area contributed by atoms with Crippen LogP contribution in [0.5, 0.6) is 11.5 Å². The molecular formula is C12H13N3O2. The van der Waals surface area contributed by atoms with Crippen LogP contribution in [0.2, 0.25) is 0 Å². The number of hydrogen-bond acceptors (Lipinski definition) is 5. The largest absolute Gasteiger partial charge is 0.508 e. The third-order valence-corrected chi connectivity index (χ3v) is 2.36. The van der Waals surface area contributed by atoms with Crippen molar-refractivity contribution in [2.45, 2.75) is 13.8 Å². The first-order valence-electron chi connectivity index (χ1n) is 5.16. The molecule has 0 aliphatic heterocycles. The Balaban J connectivity index is 2.27. The van der Waals surface area contributed by atoms with E-state index in [0.29, 0.717) is 17.3 Å². The van der Waals surface area contributed by atoms with E-state index in [4.69, 9.17) is 5.11 Å². The van der Waals surface area contributed by atoms with Gasteiger partial charge in [-0.1, -0.05) is 0 Å². The minimum atomic E-state index is 0.112. The lowest BCUT2D eigenvalue weighted by molar-refractivity contribution is 0.459. The zero-order chi connectivity index (χ0) is 12.4. The smallest absolute Gasteiger partial charge is 0.227 e. The lowest BCUT2D eigenvalue weighted by Crippen LogP contribution is -2.00. The minimum absolute atomic E-state index is 0.112. The maximum Gasteiger partial charge on any atom is 0.227 e. The molecule has 0 atom stereocenters. The van der Waals surface area contributed by atoms with Crippen LogP contribution in [0.3, 0.4) is 0 Å². The van der Waals surface area contributed by atoms with Crippen molar-refractivity contribution < 1.29 is 10.2 Å². The molecule has 0 aliphatic rings. The Bertz CT molecular complexity index is 515. The highest BCUT2D eigenvalue weighted by atomic mass is 16.3. The molecule has 2 aromatic rings. The van der Waals surface area contributed by atoms with Gasteiger partial charge in [0.2, 0.25) is 5.95 Å². The number of aryl methyl sites for hydroxylation is 2. The van der Waals surface area contributed by atoms with Crippen molar-refractivity contribution in [1.29, 1.82) is 0 Å². The summed E-state index contributed by atoms with van der Waals surface area (Å²) in [5.41, 5.74) is 1.82. The van der Waals surface area contributed by atoms with E-state index in [1.807, 2.05) is 0 Å². The van der Waals surface area contributed by atoms with Crippen LogP contribution in [0.4, 0.5) is 11.6 Å². The lowest BCUT2D eigenvalue weighted by atomic mass is 10.3. The Morgan fingerprint density at radius 2 is 1.47 bits per heavy atom. The molecule has 0 spiro atoms. The second-order valence-corrected chi connectivity index (χ2v) is 3.74. The molecule has 5 heteroatoms. The molecule has 0 radical (unpaired) electrons. The number of aromatic nitrogens is 2. The van der Waals surface area contributed by atoms with Gasteiger partial charge in [0.15, 0.2) is 5.75 Å². The van der Waals surface area contributed by atoms with Gasteiger partial charge in [-0.05, 0) is 38.1 Å². The maximum atomic E-state index is 9.55. The van der Waals surface area contributed by atoms with E-state index < -0.39 is 0 Å². The van der Waals surface area contributed by atoms with Gasteiger partial charge in [0, 0.05) is 5.69 Å². The van der Waals surface area contributed by atoms with Crippen LogP contribution in [-0.2, 0) is 0 Å². The van der Waals surface area contributed by atoms with Crippen LogP contribution < -0.4 is 5.32 Å². The van der Waals surface area contributed by atoms with Crippen LogP contribution in [0, 0.1) is 13.8 Å². The molecule has 0 aliphatic carbocycles. The van der Waals surface area contributed by atoms with Crippen molar-refractivity contribution >= 4 is 11.6 Å². The summed E-state index contributed by atoms with van der Waals surface area (Å²) in [7, 11) is 0. The third-order valence-electron chi connectivity index (χ3n) is 2.36. The quantitative estimate of drug-likeness (QED) is 0.691. The Labute approximate surface area is 98.8 Å². The average Bonchev–Trinajstić information content (AvgIpc) is 2.29. The molecule has 0 bridgehead atoms. The summed E-state index contributed by atoms with van der Waals surface area (Å²) in [5, 5.41) is 21.7. The van der Waals surface area contributed by atoms with Gasteiger partial charge >= 0.3 is 0 Å². The van der Waals surface area contributed by atoms with E-state index in [1.165, 1.54) is 0 Å². The van der Waals surface area contributed by atoms with Gasteiger partial charge in [-0.25, -0.2) is 9.97 Å². The van der Waals surface area contributed by atoms with Crippen molar-refractivity contribution in [2.24, 2.45) is 0 Å². The first kappa shape index (κ1) is 11.2. The number of rotatable bonds is 2. The first-order chi connectivity index (χ1) is 8.06. The maximum absolute atomic E-state index is 9.55. The van der Waals surface area contributed by atoms with E-state index in [9.17, 15) is 5.11 Å². The monoisotopic (exact) mass is 231 g/mol. The Morgan fingerprint density at radius 1 is 0.941 bits per heavy atom. The van der Waals surface area contributed by atoms with Crippen molar-refractivity contribution in [1.82, 2.24) is 9.97 Å². The molecular weight excluding hydrogens is 218 g/mol. The fraction of sp³-hybridized carbons (Fsp3) is 0.167. The zero-order valence-corrected chi connectivity index (χ0v) is 9.60. The highest BCUT2D eigenvalue weighted by molar-refractivity contribution is 5.55. The summed E-state index contributed by atoms with van der Waals surface area (Å²) in [4.78, 5) is 8.23. The molecule has 5 nitrogen and oxygen atoms in total. The van der Waals surface area contributed by atoms with Gasteiger partial charge in [0.25, 0.3) is 0 Å². The third kappa shape index (κ3) is 2.44. The van der Waals surface area contributed by atoms with Crippen LogP contribution in [-0.4, -0.2) is 20.2 Å². The van der Waals surface area contributed by atoms with Gasteiger partial charge < -0.3 is 15.5 Å². The summed E-state index contributed by atoms with van der Waals surface area (Å²) in [6.45, 7) is 3.43. The topological polar surface area (TPSA) is 78.3 Å². The van der Waals surface area contributed by atoms with Crippen LogP contribution in [0.25, 0.3) is 0 Å². The number of phenols is 1. The summed E-state index contributed by atoms with van der Waals surface area (Å²) in [5.74, 6) is 0.735. The molecule has 0 unspecified atom stereocenters. The van der Waals surface area contributed by atoms with E-state index >= 15 is 0 Å². The Kier molecular flexibility index (Phi) is 2.82. The number of hydrogen-bond donors (Lipinski definition) is 3. The summed E-state index contributed by atoms with van der Waals surface area (Å²) in [6, 6.07) is 6.58. The molecule has 0 amide bonds. The molecule has 1 aromatic carbocycles. The van der Waals surface area contributed by atoms with Crippen LogP contribution >= 0.6 is 0 Å². The molecule has 0 saturated heterocycles. The zero-order valence-electron chi connectivity index (χ0n) is 9.60. The van der Waals surface area contributed by atoms with Gasteiger partial charge in [-0.15, -0.1) is 0 Å². The van der Waals surface area contributed by atoms with E-state index in [2.05, 4.69) is 15.3 Å². The highest BCUT2D eigenvalue weighted by Gasteiger charge is 2.06. The predicted molar refractivity (Wildman–Crippen MR) is 64.6 cm³/mol. The number of aromatic hydroxyl groups is 2. The molecule has 0 saturated carbocycles. The summed E-state index contributed by atoms with van der Waals surface area (Å²) in [6.07, 6.45) is 0. The van der Waals surface area contributed by atoms with Gasteiger partial charge in [-0.3, -0.25) is 0 Å². The number of nitrogens with one attached hydrogen (secondary N) is 1. The fourth-order valence-electron chi connectivity index (χ4n) is 1.44. The summed E-state index contributed by atoms with van der Waals surface area (Å²) >= 11 is 0. The standard InChI is InChI=1S/C12H13N3O2/c1-7-11(17)8(2)14-12(13-7)15-9-3-5-10(16)6-4-9/h3-6,16-17H,1-2H3,(H,13,14,15). The lowest BCUT2D eigenvalue weighted by Gasteiger charge is -2.08. The molecule has 0 fully saturated rings. The first-order valence-corrected chi connectivity index (χ1v) is 5.16. The molecule has 3 N–H and O–H groups in total. The number of phenolic OH excluding ortho intramolecular Hbond substituents is 1. The van der Waals surface area contributed by atoms with Crippen LogP contribution in [0.1, 0.15) is 11.4 Å². The summed E-state index contributed by atoms with van der Waals surface area (Å²) < 4.78 is 0. The molecule has 17 heavy (non-hydrogen) atoms. The van der Waals surface area contributed by atoms with E-state index in [-0.39, 0.29) is 11.5 Å². The number of anilines is 2. The Morgan fingerprint density at radius 3 is 2.00 bits per heavy atom. The second kappa shape index (κ2) is 4.29. The van der Waals surface area contributed by atoms with Crippen molar-refractivity contribution in [3.8, 4) is 11.5 Å². The van der Waals surface area contributed by atoms with E-state index in [0.717, 1.165) is 5.69 Å². The molecule has 2 rings (SSSR count). The second-order valence-electron chi connectivity index (χ2n) is 3.74. The highest BCUT2D eigenvalue weighted by Crippen LogP contribution is 2.22. The molecule has 1 heterocycles. The predicted octanol–water partition coefficient (Wildman–Crippen LogP) is 2.25. The van der Waals surface area contributed by atoms with Crippen LogP contribution in [0.15, 0.2) is 24.3 Å². The normalized spacial score (nSPS) is 10.2. The van der Waals surface area contributed by atoms with Crippen molar-refractivity contribution in [3.63, 3.8) is 0 Å². The average molecular weight is 231 g/mol. The fourth-order valence-corrected chi connectivity index (χ4v) is 1.44. The molecule has 88 valence electrons. The molecule has 1 aromatic heterocycles. The van der Waals surface area contributed by atoms with Crippen molar-refractivity contribution in [3.05, 3.63) is 35.7 Å². The van der Waals surface area contributed by atoms with Gasteiger partial charge in [-0.2, -0.15) is 0 Å². The van der Waals surface area contributed by atoms with Gasteiger partial charge in [0.1, 0.15) is 5.75 Å². The minimum Gasteiger partial charge on any atom is -0.508 e.